The normalized spacial score (nSPS) is 10.9. The van der Waals surface area contributed by atoms with Gasteiger partial charge in [0.15, 0.2) is 0 Å². The standard InChI is InChI=1S/C17H22BrN3/c1-13(2)20-10-15-8-9-19-11-17(15)21(3)12-14-4-6-16(18)7-5-14/h4-9,11,13,20H,10,12H2,1-3H3. The third-order valence-electron chi connectivity index (χ3n) is 3.33. The average molecular weight is 348 g/mol. The van der Waals surface area contributed by atoms with Crippen LogP contribution < -0.4 is 10.2 Å². The molecule has 0 unspecified atom stereocenters. The van der Waals surface area contributed by atoms with Gasteiger partial charge >= 0.3 is 0 Å². The summed E-state index contributed by atoms with van der Waals surface area (Å²) < 4.78 is 1.11. The van der Waals surface area contributed by atoms with Gasteiger partial charge in [-0.3, -0.25) is 4.98 Å². The highest BCUT2D eigenvalue weighted by molar-refractivity contribution is 9.10. The lowest BCUT2D eigenvalue weighted by Crippen LogP contribution is -2.24. The number of nitrogens with one attached hydrogen (secondary N) is 1. The van der Waals surface area contributed by atoms with Crippen LogP contribution in [0.3, 0.4) is 0 Å². The van der Waals surface area contributed by atoms with E-state index in [4.69, 9.17) is 0 Å². The zero-order valence-electron chi connectivity index (χ0n) is 12.8. The van der Waals surface area contributed by atoms with Crippen LogP contribution in [0.15, 0.2) is 47.2 Å². The maximum atomic E-state index is 4.27. The van der Waals surface area contributed by atoms with E-state index in [9.17, 15) is 0 Å². The molecule has 1 heterocycles. The Balaban J connectivity index is 2.11. The van der Waals surface area contributed by atoms with Crippen LogP contribution in [0.5, 0.6) is 0 Å². The summed E-state index contributed by atoms with van der Waals surface area (Å²) in [6, 6.07) is 11.0. The van der Waals surface area contributed by atoms with Gasteiger partial charge in [0.2, 0.25) is 0 Å². The van der Waals surface area contributed by atoms with Crippen LogP contribution in [-0.2, 0) is 13.1 Å². The van der Waals surface area contributed by atoms with Crippen molar-refractivity contribution in [2.45, 2.75) is 33.0 Å². The monoisotopic (exact) mass is 347 g/mol. The number of anilines is 1. The van der Waals surface area contributed by atoms with Crippen molar-refractivity contribution in [1.29, 1.82) is 0 Å². The average Bonchev–Trinajstić information content (AvgIpc) is 2.47. The molecular formula is C17H22BrN3. The SMILES string of the molecule is CC(C)NCc1ccncc1N(C)Cc1ccc(Br)cc1. The summed E-state index contributed by atoms with van der Waals surface area (Å²) in [5.41, 5.74) is 3.74. The van der Waals surface area contributed by atoms with Crippen LogP contribution in [0.25, 0.3) is 0 Å². The van der Waals surface area contributed by atoms with Gasteiger partial charge in [-0.25, -0.2) is 0 Å². The second kappa shape index (κ2) is 7.57. The van der Waals surface area contributed by atoms with E-state index >= 15 is 0 Å². The largest absolute Gasteiger partial charge is 0.369 e. The topological polar surface area (TPSA) is 28.2 Å². The van der Waals surface area contributed by atoms with Gasteiger partial charge in [-0.2, -0.15) is 0 Å². The fraction of sp³-hybridized carbons (Fsp3) is 0.353. The Hall–Kier alpha value is -1.39. The molecule has 0 radical (unpaired) electrons. The summed E-state index contributed by atoms with van der Waals surface area (Å²) in [4.78, 5) is 6.52. The van der Waals surface area contributed by atoms with Crippen molar-refractivity contribution >= 4 is 21.6 Å². The number of halogens is 1. The zero-order chi connectivity index (χ0) is 15.2. The van der Waals surface area contributed by atoms with Crippen LogP contribution in [0, 0.1) is 0 Å². The lowest BCUT2D eigenvalue weighted by atomic mass is 10.1. The number of pyridine rings is 1. The molecule has 0 aliphatic heterocycles. The Kier molecular flexibility index (Phi) is 5.76. The maximum absolute atomic E-state index is 4.27. The Morgan fingerprint density at radius 3 is 2.57 bits per heavy atom. The van der Waals surface area contributed by atoms with E-state index in [1.54, 1.807) is 0 Å². The second-order valence-corrected chi connectivity index (χ2v) is 6.44. The predicted octanol–water partition coefficient (Wildman–Crippen LogP) is 3.98. The number of hydrogen-bond acceptors (Lipinski definition) is 3. The fourth-order valence-electron chi connectivity index (χ4n) is 2.17. The lowest BCUT2D eigenvalue weighted by Gasteiger charge is -2.23. The molecule has 0 saturated heterocycles. The van der Waals surface area contributed by atoms with Gasteiger partial charge < -0.3 is 10.2 Å². The number of rotatable bonds is 6. The summed E-state index contributed by atoms with van der Waals surface area (Å²) in [5.74, 6) is 0. The van der Waals surface area contributed by atoms with E-state index < -0.39 is 0 Å². The molecule has 4 heteroatoms. The molecule has 0 bridgehead atoms. The van der Waals surface area contributed by atoms with Crippen molar-refractivity contribution < 1.29 is 0 Å². The highest BCUT2D eigenvalue weighted by Gasteiger charge is 2.08. The predicted molar refractivity (Wildman–Crippen MR) is 92.5 cm³/mol. The molecule has 3 nitrogen and oxygen atoms in total. The van der Waals surface area contributed by atoms with Gasteiger partial charge in [-0.1, -0.05) is 41.9 Å². The molecule has 112 valence electrons. The molecule has 21 heavy (non-hydrogen) atoms. The summed E-state index contributed by atoms with van der Waals surface area (Å²) in [6.45, 7) is 6.05. The van der Waals surface area contributed by atoms with Crippen molar-refractivity contribution in [2.24, 2.45) is 0 Å². The van der Waals surface area contributed by atoms with Crippen molar-refractivity contribution in [3.05, 3.63) is 58.3 Å². The third kappa shape index (κ3) is 4.83. The lowest BCUT2D eigenvalue weighted by molar-refractivity contribution is 0.588. The number of hydrogen-bond donors (Lipinski definition) is 1. The molecule has 0 saturated carbocycles. The van der Waals surface area contributed by atoms with Crippen molar-refractivity contribution in [1.82, 2.24) is 10.3 Å². The van der Waals surface area contributed by atoms with Gasteiger partial charge in [0.1, 0.15) is 0 Å². The minimum Gasteiger partial charge on any atom is -0.369 e. The number of aromatic nitrogens is 1. The molecule has 0 fully saturated rings. The third-order valence-corrected chi connectivity index (χ3v) is 3.86. The van der Waals surface area contributed by atoms with Crippen LogP contribution in [-0.4, -0.2) is 18.1 Å². The molecule has 0 aliphatic carbocycles. The van der Waals surface area contributed by atoms with E-state index in [1.165, 1.54) is 16.8 Å². The molecule has 2 aromatic rings. The highest BCUT2D eigenvalue weighted by Crippen LogP contribution is 2.20. The first-order valence-corrected chi connectivity index (χ1v) is 7.97. The molecule has 1 N–H and O–H groups in total. The van der Waals surface area contributed by atoms with Crippen LogP contribution >= 0.6 is 15.9 Å². The van der Waals surface area contributed by atoms with Crippen LogP contribution in [0.2, 0.25) is 0 Å². The van der Waals surface area contributed by atoms with Gasteiger partial charge in [0, 0.05) is 36.8 Å². The first kappa shape index (κ1) is 16.0. The van der Waals surface area contributed by atoms with Gasteiger partial charge in [-0.15, -0.1) is 0 Å². The molecular weight excluding hydrogens is 326 g/mol. The van der Waals surface area contributed by atoms with Crippen LogP contribution in [0.1, 0.15) is 25.0 Å². The highest BCUT2D eigenvalue weighted by atomic mass is 79.9. The van der Waals surface area contributed by atoms with E-state index in [0.717, 1.165) is 17.6 Å². The molecule has 1 aromatic carbocycles. The molecule has 0 atom stereocenters. The first-order chi connectivity index (χ1) is 10.1. The Bertz CT molecular complexity index is 567. The summed E-state index contributed by atoms with van der Waals surface area (Å²) in [7, 11) is 2.11. The summed E-state index contributed by atoms with van der Waals surface area (Å²) in [5, 5.41) is 3.47. The fourth-order valence-corrected chi connectivity index (χ4v) is 2.44. The quantitative estimate of drug-likeness (QED) is 0.856. The number of nitrogens with zero attached hydrogens (tertiary/aromatic N) is 2. The molecule has 2 rings (SSSR count). The first-order valence-electron chi connectivity index (χ1n) is 7.18. The van der Waals surface area contributed by atoms with Gasteiger partial charge in [0.25, 0.3) is 0 Å². The van der Waals surface area contributed by atoms with E-state index in [2.05, 4.69) is 82.4 Å². The Morgan fingerprint density at radius 2 is 1.90 bits per heavy atom. The van der Waals surface area contributed by atoms with Crippen molar-refractivity contribution in [3.8, 4) is 0 Å². The Morgan fingerprint density at radius 1 is 1.19 bits per heavy atom. The summed E-state index contributed by atoms with van der Waals surface area (Å²) in [6.07, 6.45) is 3.80. The van der Waals surface area contributed by atoms with Gasteiger partial charge in [0.05, 0.1) is 11.9 Å². The maximum Gasteiger partial charge on any atom is 0.0598 e. The van der Waals surface area contributed by atoms with E-state index in [0.29, 0.717) is 6.04 Å². The molecule has 0 aliphatic rings. The van der Waals surface area contributed by atoms with Crippen molar-refractivity contribution in [3.63, 3.8) is 0 Å². The molecule has 0 spiro atoms. The van der Waals surface area contributed by atoms with Crippen LogP contribution in [0.4, 0.5) is 5.69 Å². The van der Waals surface area contributed by atoms with E-state index in [-0.39, 0.29) is 0 Å². The zero-order valence-corrected chi connectivity index (χ0v) is 14.4. The van der Waals surface area contributed by atoms with Gasteiger partial charge in [-0.05, 0) is 29.3 Å². The van der Waals surface area contributed by atoms with Crippen molar-refractivity contribution in [2.75, 3.05) is 11.9 Å². The van der Waals surface area contributed by atoms with E-state index in [1.807, 2.05) is 12.4 Å². The molecule has 1 aromatic heterocycles. The minimum absolute atomic E-state index is 0.475. The summed E-state index contributed by atoms with van der Waals surface area (Å²) >= 11 is 3.47. The minimum atomic E-state index is 0.475. The Labute approximate surface area is 135 Å². The smallest absolute Gasteiger partial charge is 0.0598 e. The molecule has 0 amide bonds. The number of benzene rings is 1. The second-order valence-electron chi connectivity index (χ2n) is 5.52.